The molecule has 0 bridgehead atoms. The minimum Gasteiger partial charge on any atom is -0.340 e. The van der Waals surface area contributed by atoms with E-state index in [0.717, 1.165) is 96.3 Å². The van der Waals surface area contributed by atoms with Gasteiger partial charge in [0.15, 0.2) is 0 Å². The Morgan fingerprint density at radius 1 is 0.547 bits per heavy atom. The molecule has 4 amide bonds. The maximum absolute atomic E-state index is 14.1. The number of carbonyl (C=O) groups is 4. The van der Waals surface area contributed by atoms with Gasteiger partial charge in [-0.05, 0) is 97.2 Å². The van der Waals surface area contributed by atoms with Gasteiger partial charge in [0.25, 0.3) is 0 Å². The number of nitrogens with zero attached hydrogens (tertiary/aromatic N) is 4. The standard InChI is InChI=1S/C52H50N8O4/c61-49(39-24-25-39)57-45(37-9-3-1-4-10-37)51(63)59-29-7-13-43(59)47-53-31-41(55-47)28-17-33-15-18-34(19-16-33)35-20-22-36(23-21-35)42-32-54-48(56-42)44-14-8-30-60(44)52(64)46(38-11-5-2-6-12-38)58-50(62)40-26-27-40/h1-6,9-12,15-16,18-23,31-32,39-40,43-46H,7-8,13-14,24-27,29-30H2,(H,53,55)(H,54,56)(H,57,61)(H,58,62). The summed E-state index contributed by atoms with van der Waals surface area (Å²) in [7, 11) is 0. The molecule has 2 aliphatic carbocycles. The second-order valence-corrected chi connectivity index (χ2v) is 17.4. The van der Waals surface area contributed by atoms with E-state index in [1.165, 1.54) is 0 Å². The van der Waals surface area contributed by atoms with Gasteiger partial charge in [0.2, 0.25) is 23.6 Å². The monoisotopic (exact) mass is 850 g/mol. The minimum absolute atomic E-state index is 0.000137. The van der Waals surface area contributed by atoms with Gasteiger partial charge in [-0.1, -0.05) is 103 Å². The van der Waals surface area contributed by atoms with Crippen molar-refractivity contribution in [3.63, 3.8) is 0 Å². The van der Waals surface area contributed by atoms with E-state index < -0.39 is 12.1 Å². The van der Waals surface area contributed by atoms with E-state index in [1.54, 1.807) is 6.20 Å². The van der Waals surface area contributed by atoms with Gasteiger partial charge in [0, 0.05) is 30.5 Å². The molecule has 0 radical (unpaired) electrons. The molecular formula is C52H50N8O4. The molecule has 12 nitrogen and oxygen atoms in total. The van der Waals surface area contributed by atoms with Crippen LogP contribution in [0, 0.1) is 23.7 Å². The number of hydrogen-bond acceptors (Lipinski definition) is 6. The molecule has 0 spiro atoms. The van der Waals surface area contributed by atoms with E-state index in [2.05, 4.69) is 73.8 Å². The summed E-state index contributed by atoms with van der Waals surface area (Å²) in [5.41, 5.74) is 7.06. The highest BCUT2D eigenvalue weighted by atomic mass is 16.2. The second-order valence-electron chi connectivity index (χ2n) is 17.4. The highest BCUT2D eigenvalue weighted by Gasteiger charge is 2.40. The molecule has 64 heavy (non-hydrogen) atoms. The number of amides is 4. The van der Waals surface area contributed by atoms with E-state index in [1.807, 2.05) is 88.8 Å². The van der Waals surface area contributed by atoms with Crippen LogP contribution in [0.4, 0.5) is 0 Å². The van der Waals surface area contributed by atoms with E-state index in [-0.39, 0.29) is 47.5 Å². The van der Waals surface area contributed by atoms with Crippen molar-refractivity contribution in [2.75, 3.05) is 13.1 Å². The van der Waals surface area contributed by atoms with Crippen molar-refractivity contribution in [1.29, 1.82) is 0 Å². The van der Waals surface area contributed by atoms with Crippen LogP contribution in [0.5, 0.6) is 0 Å². The van der Waals surface area contributed by atoms with Crippen LogP contribution in [0.1, 0.15) is 110 Å². The predicted molar refractivity (Wildman–Crippen MR) is 242 cm³/mol. The number of imidazole rings is 2. The SMILES string of the molecule is O=C(NC(C(=O)N1CCCC1c1ncc(C#Cc2ccc(-c3ccc(-c4cnc(C5CCCN5C(=O)C(NC(=O)C5CC5)c5ccccc5)[nH]4)cc3)cc2)[nH]1)c1ccccc1)C1CC1. The summed E-state index contributed by atoms with van der Waals surface area (Å²) in [5, 5.41) is 6.08. The van der Waals surface area contributed by atoms with Gasteiger partial charge in [-0.2, -0.15) is 0 Å². The lowest BCUT2D eigenvalue weighted by atomic mass is 10.0. The Labute approximate surface area is 372 Å². The van der Waals surface area contributed by atoms with E-state index in [9.17, 15) is 19.2 Å². The van der Waals surface area contributed by atoms with Gasteiger partial charge < -0.3 is 30.4 Å². The number of likely N-dealkylation sites (tertiary alicyclic amines) is 2. The molecule has 4 N–H and O–H groups in total. The van der Waals surface area contributed by atoms with Crippen molar-refractivity contribution in [2.45, 2.75) is 75.5 Å². The first-order valence-electron chi connectivity index (χ1n) is 22.5. The number of hydrogen-bond donors (Lipinski definition) is 4. The molecule has 2 saturated carbocycles. The Hall–Kier alpha value is -7.26. The van der Waals surface area contributed by atoms with Gasteiger partial charge >= 0.3 is 0 Å². The van der Waals surface area contributed by atoms with Crippen LogP contribution in [-0.4, -0.2) is 66.5 Å². The lowest BCUT2D eigenvalue weighted by molar-refractivity contribution is -0.138. The van der Waals surface area contributed by atoms with Crippen molar-refractivity contribution in [3.8, 4) is 34.2 Å². The summed E-state index contributed by atoms with van der Waals surface area (Å²) in [6.45, 7) is 1.20. The number of H-pyrrole nitrogens is 2. The lowest BCUT2D eigenvalue weighted by Gasteiger charge is -2.28. The van der Waals surface area contributed by atoms with Gasteiger partial charge in [-0.15, -0.1) is 0 Å². The summed E-state index contributed by atoms with van der Waals surface area (Å²) in [5.74, 6) is 7.54. The molecule has 4 aliphatic rings. The van der Waals surface area contributed by atoms with Gasteiger partial charge in [-0.25, -0.2) is 9.97 Å². The molecule has 4 heterocycles. The van der Waals surface area contributed by atoms with E-state index >= 15 is 0 Å². The number of nitrogens with one attached hydrogen (secondary N) is 4. The zero-order valence-corrected chi connectivity index (χ0v) is 35.5. The summed E-state index contributed by atoms with van der Waals surface area (Å²) in [6, 6.07) is 33.5. The quantitative estimate of drug-likeness (QED) is 0.0925. The fraction of sp³-hybridized carbons (Fsp3) is 0.308. The maximum atomic E-state index is 14.1. The van der Waals surface area contributed by atoms with Crippen LogP contribution >= 0.6 is 0 Å². The molecule has 322 valence electrons. The molecule has 12 heteroatoms. The van der Waals surface area contributed by atoms with Gasteiger partial charge in [0.05, 0.1) is 30.2 Å². The smallest absolute Gasteiger partial charge is 0.250 e. The van der Waals surface area contributed by atoms with E-state index in [0.29, 0.717) is 24.6 Å². The summed E-state index contributed by atoms with van der Waals surface area (Å²) >= 11 is 0. The number of carbonyl (C=O) groups excluding carboxylic acids is 4. The van der Waals surface area contributed by atoms with Crippen LogP contribution in [0.25, 0.3) is 22.4 Å². The summed E-state index contributed by atoms with van der Waals surface area (Å²) in [4.78, 5) is 73.7. The van der Waals surface area contributed by atoms with E-state index in [4.69, 9.17) is 4.98 Å². The fourth-order valence-electron chi connectivity index (χ4n) is 8.99. The van der Waals surface area contributed by atoms with Gasteiger partial charge in [0.1, 0.15) is 29.4 Å². The first kappa shape index (κ1) is 40.8. The van der Waals surface area contributed by atoms with Crippen molar-refractivity contribution in [1.82, 2.24) is 40.4 Å². The zero-order valence-electron chi connectivity index (χ0n) is 35.5. The first-order valence-corrected chi connectivity index (χ1v) is 22.5. The largest absolute Gasteiger partial charge is 0.340 e. The zero-order chi connectivity index (χ0) is 43.6. The van der Waals surface area contributed by atoms with Crippen molar-refractivity contribution in [3.05, 3.63) is 156 Å². The fourth-order valence-corrected chi connectivity index (χ4v) is 8.99. The molecule has 4 unspecified atom stereocenters. The van der Waals surface area contributed by atoms with Gasteiger partial charge in [-0.3, -0.25) is 19.2 Å². The molecule has 4 aromatic carbocycles. The first-order chi connectivity index (χ1) is 31.4. The number of aromatic amines is 2. The Morgan fingerprint density at radius 3 is 1.53 bits per heavy atom. The Morgan fingerprint density at radius 2 is 1.02 bits per heavy atom. The Kier molecular flexibility index (Phi) is 11.4. The molecule has 6 aromatic rings. The van der Waals surface area contributed by atoms with Crippen molar-refractivity contribution < 1.29 is 19.2 Å². The van der Waals surface area contributed by atoms with Crippen LogP contribution in [0.3, 0.4) is 0 Å². The highest BCUT2D eigenvalue weighted by Crippen LogP contribution is 2.37. The molecular weight excluding hydrogens is 801 g/mol. The Balaban J connectivity index is 0.775. The van der Waals surface area contributed by atoms with Crippen molar-refractivity contribution >= 4 is 23.6 Å². The summed E-state index contributed by atoms with van der Waals surface area (Å²) in [6.07, 6.45) is 10.3. The summed E-state index contributed by atoms with van der Waals surface area (Å²) < 4.78 is 0. The Bertz CT molecular complexity index is 2710. The number of rotatable bonds is 12. The number of aromatic nitrogens is 4. The molecule has 4 fully saturated rings. The molecule has 2 aromatic heterocycles. The van der Waals surface area contributed by atoms with Crippen LogP contribution < -0.4 is 10.6 Å². The normalized spacial score (nSPS) is 19.1. The molecule has 2 saturated heterocycles. The minimum atomic E-state index is -0.739. The second kappa shape index (κ2) is 17.8. The average molecular weight is 851 g/mol. The van der Waals surface area contributed by atoms with Crippen LogP contribution in [0.2, 0.25) is 0 Å². The third kappa shape index (κ3) is 8.84. The number of benzene rings is 4. The third-order valence-electron chi connectivity index (χ3n) is 12.9. The maximum Gasteiger partial charge on any atom is 0.250 e. The average Bonchev–Trinajstić information content (AvgIpc) is 4.10. The molecule has 4 atom stereocenters. The van der Waals surface area contributed by atoms with Crippen molar-refractivity contribution in [2.24, 2.45) is 11.8 Å². The lowest BCUT2D eigenvalue weighted by Crippen LogP contribution is -2.43. The third-order valence-corrected chi connectivity index (χ3v) is 12.9. The van der Waals surface area contributed by atoms with Crippen LogP contribution in [0.15, 0.2) is 122 Å². The molecule has 10 rings (SSSR count). The molecule has 2 aliphatic heterocycles. The topological polar surface area (TPSA) is 156 Å². The highest BCUT2D eigenvalue weighted by molar-refractivity contribution is 5.91. The predicted octanol–water partition coefficient (Wildman–Crippen LogP) is 7.73. The van der Waals surface area contributed by atoms with Crippen LogP contribution in [-0.2, 0) is 19.2 Å².